The molecule has 1 aliphatic heterocycles. The van der Waals surface area contributed by atoms with Gasteiger partial charge in [-0.15, -0.1) is 0 Å². The smallest absolute Gasteiger partial charge is 0.368 e. The molecule has 0 aliphatic carbocycles. The molecule has 0 bridgehead atoms. The SMILES string of the molecule is CC(=O)Cc1ccc(C)cc1.Cc1ccc(C2=CC(=O)OC2(C)O)cc1.O.O=CC(=O)O. The largest absolute Gasteiger partial charge is 0.476 e. The van der Waals surface area contributed by atoms with E-state index >= 15 is 0 Å². The molecule has 1 atom stereocenters. The number of aliphatic carboxylic acids is 1. The molecule has 2 aromatic carbocycles. The molecule has 32 heavy (non-hydrogen) atoms. The van der Waals surface area contributed by atoms with Gasteiger partial charge in [0.15, 0.2) is 0 Å². The van der Waals surface area contributed by atoms with Gasteiger partial charge < -0.3 is 20.4 Å². The van der Waals surface area contributed by atoms with Gasteiger partial charge in [-0.1, -0.05) is 59.7 Å². The van der Waals surface area contributed by atoms with Crippen LogP contribution >= 0.6 is 0 Å². The summed E-state index contributed by atoms with van der Waals surface area (Å²) < 4.78 is 4.77. The average Bonchev–Trinajstić information content (AvgIpc) is 2.97. The highest BCUT2D eigenvalue weighted by atomic mass is 16.7. The molecule has 0 fully saturated rings. The fourth-order valence-electron chi connectivity index (χ4n) is 2.61. The molecular formula is C24H28O8. The van der Waals surface area contributed by atoms with Crippen LogP contribution in [0.3, 0.4) is 0 Å². The van der Waals surface area contributed by atoms with E-state index in [1.54, 1.807) is 6.92 Å². The zero-order valence-electron chi connectivity index (χ0n) is 18.4. The first kappa shape index (κ1) is 28.4. The van der Waals surface area contributed by atoms with Gasteiger partial charge in [-0.2, -0.15) is 0 Å². The number of ketones is 1. The Labute approximate surface area is 186 Å². The number of hydrogen-bond acceptors (Lipinski definition) is 6. The third-order valence-corrected chi connectivity index (χ3v) is 4.10. The van der Waals surface area contributed by atoms with Gasteiger partial charge in [0, 0.05) is 25.0 Å². The lowest BCUT2D eigenvalue weighted by atomic mass is 9.99. The lowest BCUT2D eigenvalue weighted by Crippen LogP contribution is -2.26. The number of benzene rings is 2. The lowest BCUT2D eigenvalue weighted by Gasteiger charge is -2.19. The van der Waals surface area contributed by atoms with Crippen LogP contribution in [0, 0.1) is 13.8 Å². The second-order valence-corrected chi connectivity index (χ2v) is 7.15. The summed E-state index contributed by atoms with van der Waals surface area (Å²) in [7, 11) is 0. The molecule has 0 saturated heterocycles. The van der Waals surface area contributed by atoms with E-state index in [-0.39, 0.29) is 17.5 Å². The zero-order valence-corrected chi connectivity index (χ0v) is 18.4. The molecule has 0 aromatic heterocycles. The van der Waals surface area contributed by atoms with Gasteiger partial charge in [-0.3, -0.25) is 9.59 Å². The van der Waals surface area contributed by atoms with Crippen LogP contribution in [0.1, 0.15) is 36.1 Å². The number of carboxylic acids is 1. The van der Waals surface area contributed by atoms with Crippen molar-refractivity contribution in [2.45, 2.75) is 39.9 Å². The minimum Gasteiger partial charge on any atom is -0.476 e. The number of aryl methyl sites for hydroxylation is 2. The third-order valence-electron chi connectivity index (χ3n) is 4.10. The Balaban J connectivity index is 0.000000500. The number of rotatable bonds is 4. The normalized spacial score (nSPS) is 16.0. The zero-order chi connectivity index (χ0) is 23.6. The van der Waals surface area contributed by atoms with Gasteiger partial charge in [0.2, 0.25) is 12.1 Å². The topological polar surface area (TPSA) is 149 Å². The highest BCUT2D eigenvalue weighted by Crippen LogP contribution is 2.33. The van der Waals surface area contributed by atoms with Gasteiger partial charge in [0.1, 0.15) is 5.78 Å². The Morgan fingerprint density at radius 3 is 1.78 bits per heavy atom. The summed E-state index contributed by atoms with van der Waals surface area (Å²) in [6.45, 7) is 7.09. The second-order valence-electron chi connectivity index (χ2n) is 7.15. The molecule has 0 amide bonds. The third kappa shape index (κ3) is 9.92. The fourth-order valence-corrected chi connectivity index (χ4v) is 2.61. The van der Waals surface area contributed by atoms with Gasteiger partial charge in [0.05, 0.1) is 0 Å². The van der Waals surface area contributed by atoms with Crippen LogP contribution in [0.5, 0.6) is 0 Å². The van der Waals surface area contributed by atoms with Crippen LogP contribution in [0.25, 0.3) is 5.57 Å². The summed E-state index contributed by atoms with van der Waals surface area (Å²) in [4.78, 5) is 39.7. The second kappa shape index (κ2) is 12.9. The van der Waals surface area contributed by atoms with Crippen molar-refractivity contribution in [3.63, 3.8) is 0 Å². The maximum Gasteiger partial charge on any atom is 0.368 e. The van der Waals surface area contributed by atoms with Crippen molar-refractivity contribution in [3.05, 3.63) is 76.9 Å². The minimum absolute atomic E-state index is 0. The molecule has 1 heterocycles. The van der Waals surface area contributed by atoms with Crippen LogP contribution in [-0.4, -0.2) is 45.5 Å². The first-order chi connectivity index (χ1) is 14.4. The fraction of sp³-hybridized carbons (Fsp3) is 0.250. The summed E-state index contributed by atoms with van der Waals surface area (Å²) in [5.74, 6) is -3.22. The summed E-state index contributed by atoms with van der Waals surface area (Å²) in [5.41, 5.74) is 4.77. The van der Waals surface area contributed by atoms with Gasteiger partial charge >= 0.3 is 11.9 Å². The van der Waals surface area contributed by atoms with Crippen LogP contribution in [0.4, 0.5) is 0 Å². The number of ether oxygens (including phenoxy) is 1. The summed E-state index contributed by atoms with van der Waals surface area (Å²) in [6, 6.07) is 15.6. The van der Waals surface area contributed by atoms with Crippen molar-refractivity contribution in [2.75, 3.05) is 0 Å². The number of carboxylic acid groups (broad SMARTS) is 1. The molecule has 0 radical (unpaired) electrons. The molecule has 1 unspecified atom stereocenters. The number of esters is 1. The van der Waals surface area contributed by atoms with Gasteiger partial charge in [0.25, 0.3) is 0 Å². The standard InChI is InChI=1S/C12H12O3.C10H12O.C2H2O3.H2O/c1-8-3-5-9(6-4-8)10-7-11(13)15-12(10,2)14;1-8-3-5-10(6-4-8)7-9(2)11;3-1-2(4)5;/h3-7,14H,1-2H3;3-6H,7H2,1-2H3;1H,(H,4,5);1H2. The number of carbonyl (C=O) groups excluding carboxylic acids is 3. The molecule has 3 rings (SSSR count). The number of aldehydes is 1. The summed E-state index contributed by atoms with van der Waals surface area (Å²) in [5, 5.41) is 17.2. The average molecular weight is 444 g/mol. The van der Waals surface area contributed by atoms with E-state index in [0.717, 1.165) is 16.7 Å². The highest BCUT2D eigenvalue weighted by molar-refractivity contribution is 6.19. The van der Waals surface area contributed by atoms with E-state index in [4.69, 9.17) is 19.4 Å². The Morgan fingerprint density at radius 2 is 1.44 bits per heavy atom. The molecule has 8 heteroatoms. The van der Waals surface area contributed by atoms with Crippen LogP contribution in [0.2, 0.25) is 0 Å². The number of hydrogen-bond donors (Lipinski definition) is 2. The summed E-state index contributed by atoms with van der Waals surface area (Å²) >= 11 is 0. The van der Waals surface area contributed by atoms with Crippen LogP contribution in [0.15, 0.2) is 54.6 Å². The number of aliphatic hydroxyl groups is 1. The van der Waals surface area contributed by atoms with Crippen LogP contribution < -0.4 is 0 Å². The van der Waals surface area contributed by atoms with Crippen molar-refractivity contribution in [3.8, 4) is 0 Å². The quantitative estimate of drug-likeness (QED) is 0.417. The van der Waals surface area contributed by atoms with E-state index in [0.29, 0.717) is 12.0 Å². The number of cyclic esters (lactones) is 1. The first-order valence-corrected chi connectivity index (χ1v) is 9.42. The van der Waals surface area contributed by atoms with Crippen molar-refractivity contribution >= 4 is 29.6 Å². The van der Waals surface area contributed by atoms with E-state index in [2.05, 4.69) is 0 Å². The van der Waals surface area contributed by atoms with E-state index in [1.807, 2.05) is 62.4 Å². The van der Waals surface area contributed by atoms with E-state index in [1.165, 1.54) is 18.6 Å². The monoisotopic (exact) mass is 444 g/mol. The highest BCUT2D eigenvalue weighted by Gasteiger charge is 2.37. The van der Waals surface area contributed by atoms with Crippen LogP contribution in [-0.2, 0) is 30.3 Å². The first-order valence-electron chi connectivity index (χ1n) is 9.42. The molecular weight excluding hydrogens is 416 g/mol. The lowest BCUT2D eigenvalue weighted by molar-refractivity contribution is -0.169. The minimum atomic E-state index is -1.51. The number of carbonyl (C=O) groups is 4. The van der Waals surface area contributed by atoms with E-state index in [9.17, 15) is 14.7 Å². The Morgan fingerprint density at radius 1 is 1.00 bits per heavy atom. The Kier molecular flexibility index (Phi) is 11.5. The maximum atomic E-state index is 11.1. The Bertz CT molecular complexity index is 954. The number of Topliss-reactive ketones (excluding diaryl/α,β-unsaturated/α-hetero) is 1. The predicted molar refractivity (Wildman–Crippen MR) is 119 cm³/mol. The van der Waals surface area contributed by atoms with Crippen molar-refractivity contribution < 1.29 is 39.6 Å². The Hall–Kier alpha value is -3.62. The van der Waals surface area contributed by atoms with Crippen molar-refractivity contribution in [1.82, 2.24) is 0 Å². The van der Waals surface area contributed by atoms with Gasteiger partial charge in [-0.25, -0.2) is 9.59 Å². The molecule has 4 N–H and O–H groups in total. The van der Waals surface area contributed by atoms with E-state index < -0.39 is 17.7 Å². The van der Waals surface area contributed by atoms with Crippen molar-refractivity contribution in [1.29, 1.82) is 0 Å². The molecule has 172 valence electrons. The predicted octanol–water partition coefficient (Wildman–Crippen LogP) is 2.22. The molecule has 2 aromatic rings. The molecule has 8 nitrogen and oxygen atoms in total. The molecule has 0 saturated carbocycles. The molecule has 0 spiro atoms. The maximum absolute atomic E-state index is 11.1. The van der Waals surface area contributed by atoms with Crippen molar-refractivity contribution in [2.24, 2.45) is 0 Å². The molecule has 1 aliphatic rings. The summed E-state index contributed by atoms with van der Waals surface area (Å²) in [6.07, 6.45) is 1.71. The van der Waals surface area contributed by atoms with Gasteiger partial charge in [-0.05, 0) is 31.9 Å².